The second kappa shape index (κ2) is 3.49. The van der Waals surface area contributed by atoms with Gasteiger partial charge >= 0.3 is 0 Å². The predicted octanol–water partition coefficient (Wildman–Crippen LogP) is 1.78. The zero-order valence-electron chi connectivity index (χ0n) is 14.4. The number of hydrogen-bond acceptors (Lipinski definition) is 2. The third-order valence-electron chi connectivity index (χ3n) is 4.37. The predicted molar refractivity (Wildman–Crippen MR) is 79.7 cm³/mol. The van der Waals surface area contributed by atoms with Crippen molar-refractivity contribution < 1.29 is 8.68 Å². The maximum Gasteiger partial charge on any atom is 0.269 e. The Balaban J connectivity index is 2.05. The second-order valence-corrected chi connectivity index (χ2v) is 5.40. The van der Waals surface area contributed by atoms with Crippen molar-refractivity contribution in [2.75, 3.05) is 0 Å². The SMILES string of the molecule is [2H]C([2H])([2H])n1c2[n+](c3c1c1cnccc1n3C)Cc1ccncc1-2. The van der Waals surface area contributed by atoms with E-state index in [9.17, 15) is 0 Å². The molecule has 5 heterocycles. The molecule has 1 aliphatic rings. The summed E-state index contributed by atoms with van der Waals surface area (Å²) in [5, 5.41) is 0.846. The monoisotopic (exact) mass is 279 g/mol. The molecule has 0 atom stereocenters. The molecule has 0 aromatic carbocycles. The molecule has 0 bridgehead atoms. The Labute approximate surface area is 125 Å². The largest absolute Gasteiger partial charge is 0.269 e. The summed E-state index contributed by atoms with van der Waals surface area (Å²) in [5.74, 6) is 0.685. The van der Waals surface area contributed by atoms with Crippen molar-refractivity contribution in [1.29, 1.82) is 0 Å². The topological polar surface area (TPSA) is 39.5 Å². The van der Waals surface area contributed by atoms with E-state index in [1.54, 1.807) is 24.8 Å². The molecule has 1 aliphatic heterocycles. The molecule has 102 valence electrons. The van der Waals surface area contributed by atoms with Gasteiger partial charge in [-0.2, -0.15) is 0 Å². The normalized spacial score (nSPS) is 15.8. The maximum absolute atomic E-state index is 8.10. The van der Waals surface area contributed by atoms with Crippen molar-refractivity contribution >= 4 is 22.1 Å². The Kier molecular flexibility index (Phi) is 1.42. The number of fused-ring (bicyclic) bond motifs is 7. The summed E-state index contributed by atoms with van der Waals surface area (Å²) in [6, 6.07) is 3.86. The van der Waals surface area contributed by atoms with E-state index in [4.69, 9.17) is 4.11 Å². The highest BCUT2D eigenvalue weighted by Crippen LogP contribution is 2.34. The van der Waals surface area contributed by atoms with Gasteiger partial charge in [0.25, 0.3) is 5.65 Å². The molecule has 0 fully saturated rings. The lowest BCUT2D eigenvalue weighted by Gasteiger charge is -1.97. The lowest BCUT2D eigenvalue weighted by molar-refractivity contribution is -0.648. The van der Waals surface area contributed by atoms with E-state index in [2.05, 4.69) is 14.5 Å². The molecule has 5 nitrogen and oxygen atoms in total. The quantitative estimate of drug-likeness (QED) is 0.405. The van der Waals surface area contributed by atoms with E-state index in [1.165, 1.54) is 4.57 Å². The number of nitrogens with zero attached hydrogens (tertiary/aromatic N) is 5. The lowest BCUT2D eigenvalue weighted by Crippen LogP contribution is -2.33. The summed E-state index contributed by atoms with van der Waals surface area (Å²) in [5.41, 5.74) is 4.52. The van der Waals surface area contributed by atoms with Gasteiger partial charge in [0.2, 0.25) is 5.82 Å². The first-order valence-corrected chi connectivity index (χ1v) is 6.79. The minimum absolute atomic E-state index is 0.643. The maximum atomic E-state index is 8.10. The van der Waals surface area contributed by atoms with E-state index in [-0.39, 0.29) is 0 Å². The Morgan fingerprint density at radius 1 is 1.19 bits per heavy atom. The Bertz CT molecular complexity index is 1140. The summed E-state index contributed by atoms with van der Waals surface area (Å²) in [6.07, 6.45) is 6.95. The molecule has 0 unspecified atom stereocenters. The molecule has 0 spiro atoms. The van der Waals surface area contributed by atoms with Crippen LogP contribution in [0, 0.1) is 0 Å². The molecule has 0 saturated carbocycles. The van der Waals surface area contributed by atoms with Crippen LogP contribution in [0.4, 0.5) is 0 Å². The fraction of sp³-hybridized carbons (Fsp3) is 0.188. The van der Waals surface area contributed by atoms with Gasteiger partial charge in [0.05, 0.1) is 35.6 Å². The van der Waals surface area contributed by atoms with E-state index in [0.717, 1.165) is 27.7 Å². The van der Waals surface area contributed by atoms with E-state index in [1.807, 2.05) is 23.7 Å². The minimum Gasteiger partial charge on any atom is -0.264 e. The Morgan fingerprint density at radius 2 is 2.05 bits per heavy atom. The summed E-state index contributed by atoms with van der Waals surface area (Å²) in [7, 11) is 1.96. The summed E-state index contributed by atoms with van der Waals surface area (Å²) in [4.78, 5) is 8.38. The smallest absolute Gasteiger partial charge is 0.264 e. The molecule has 0 radical (unpaired) electrons. The lowest BCUT2D eigenvalue weighted by atomic mass is 10.2. The van der Waals surface area contributed by atoms with Crippen LogP contribution < -0.4 is 4.57 Å². The van der Waals surface area contributed by atoms with E-state index < -0.39 is 6.98 Å². The van der Waals surface area contributed by atoms with Gasteiger partial charge in [-0.05, 0) is 12.1 Å². The van der Waals surface area contributed by atoms with Gasteiger partial charge < -0.3 is 0 Å². The van der Waals surface area contributed by atoms with Crippen LogP contribution in [0.15, 0.2) is 36.9 Å². The molecule has 5 heteroatoms. The van der Waals surface area contributed by atoms with Gasteiger partial charge in [-0.3, -0.25) is 19.1 Å². The van der Waals surface area contributed by atoms with Crippen molar-refractivity contribution in [2.45, 2.75) is 6.54 Å². The van der Waals surface area contributed by atoms with E-state index in [0.29, 0.717) is 17.9 Å². The Hall–Kier alpha value is -2.69. The number of hydrogen-bond donors (Lipinski definition) is 0. The first kappa shape index (κ1) is 8.56. The number of imidazole rings is 1. The molecule has 0 saturated heterocycles. The van der Waals surface area contributed by atoms with Gasteiger partial charge in [0.1, 0.15) is 5.52 Å². The molecule has 5 rings (SSSR count). The summed E-state index contributed by atoms with van der Waals surface area (Å²) < 4.78 is 29.9. The number of aromatic nitrogens is 5. The second-order valence-electron chi connectivity index (χ2n) is 5.40. The third kappa shape index (κ3) is 1.15. The molecular formula is C16H14N5+. The van der Waals surface area contributed by atoms with Crippen LogP contribution in [0.5, 0.6) is 0 Å². The molecule has 0 N–H and O–H groups in total. The molecule has 4 aromatic heterocycles. The number of rotatable bonds is 0. The molecule has 0 aliphatic carbocycles. The van der Waals surface area contributed by atoms with Crippen LogP contribution in [0.2, 0.25) is 0 Å². The van der Waals surface area contributed by atoms with E-state index >= 15 is 0 Å². The van der Waals surface area contributed by atoms with Crippen LogP contribution >= 0.6 is 0 Å². The van der Waals surface area contributed by atoms with Crippen molar-refractivity contribution in [2.24, 2.45) is 14.0 Å². The van der Waals surface area contributed by atoms with Gasteiger partial charge in [0, 0.05) is 30.4 Å². The van der Waals surface area contributed by atoms with Crippen LogP contribution in [-0.2, 0) is 20.6 Å². The third-order valence-corrected chi connectivity index (χ3v) is 4.37. The molecule has 21 heavy (non-hydrogen) atoms. The summed E-state index contributed by atoms with van der Waals surface area (Å²) in [6.45, 7) is -1.65. The first-order chi connectivity index (χ1) is 11.5. The highest BCUT2D eigenvalue weighted by molar-refractivity contribution is 6.04. The fourth-order valence-electron chi connectivity index (χ4n) is 3.46. The first-order valence-electron chi connectivity index (χ1n) is 8.29. The summed E-state index contributed by atoms with van der Waals surface area (Å²) >= 11 is 0. The van der Waals surface area contributed by atoms with Gasteiger partial charge in [-0.1, -0.05) is 0 Å². The number of aryl methyl sites for hydroxylation is 2. The molecule has 4 aromatic rings. The molecular weight excluding hydrogens is 262 g/mol. The van der Waals surface area contributed by atoms with Crippen molar-refractivity contribution in [3.63, 3.8) is 0 Å². The van der Waals surface area contributed by atoms with Gasteiger partial charge in [-0.25, -0.2) is 4.57 Å². The zero-order valence-corrected chi connectivity index (χ0v) is 11.4. The highest BCUT2D eigenvalue weighted by Gasteiger charge is 2.34. The number of pyridine rings is 2. The Morgan fingerprint density at radius 3 is 2.95 bits per heavy atom. The average Bonchev–Trinajstić information content (AvgIpc) is 3.15. The average molecular weight is 279 g/mol. The van der Waals surface area contributed by atoms with Crippen LogP contribution in [0.1, 0.15) is 9.68 Å². The minimum atomic E-state index is -2.29. The van der Waals surface area contributed by atoms with Crippen molar-refractivity contribution in [1.82, 2.24) is 19.1 Å². The standard InChI is InChI=1S/C16H14N5/c1-19-13-4-6-18-8-12(13)14-16(19)21-9-10-3-5-17-7-11(10)15(21)20(14)2/h3-8H,9H2,1-2H3/q+1/i2D3. The van der Waals surface area contributed by atoms with Crippen LogP contribution in [-0.4, -0.2) is 19.1 Å². The van der Waals surface area contributed by atoms with Crippen molar-refractivity contribution in [3.8, 4) is 11.4 Å². The van der Waals surface area contributed by atoms with Crippen molar-refractivity contribution in [3.05, 3.63) is 42.5 Å². The fourth-order valence-corrected chi connectivity index (χ4v) is 3.46. The molecule has 0 amide bonds. The van der Waals surface area contributed by atoms with Crippen LogP contribution in [0.3, 0.4) is 0 Å². The van der Waals surface area contributed by atoms with Gasteiger partial charge in [0.15, 0.2) is 5.52 Å². The zero-order chi connectivity index (χ0) is 16.6. The van der Waals surface area contributed by atoms with Gasteiger partial charge in [-0.15, -0.1) is 0 Å². The van der Waals surface area contributed by atoms with Crippen LogP contribution in [0.25, 0.3) is 33.5 Å². The highest BCUT2D eigenvalue weighted by atomic mass is 15.2.